The van der Waals surface area contributed by atoms with Gasteiger partial charge in [-0.25, -0.2) is 14.6 Å². The number of fused-ring (bicyclic) bond motifs is 1. The molecule has 2 N–H and O–H groups in total. The van der Waals surface area contributed by atoms with E-state index >= 15 is 0 Å². The SMILES string of the molecule is Br.O=C(N[C@@H](Cc1nc2ccccc2o1)C(=O)O)OCc1ccccc1. The van der Waals surface area contributed by atoms with Gasteiger partial charge in [0.15, 0.2) is 11.5 Å². The minimum absolute atomic E-state index is 0. The molecule has 1 heterocycles. The van der Waals surface area contributed by atoms with Crippen molar-refractivity contribution in [2.45, 2.75) is 19.1 Å². The van der Waals surface area contributed by atoms with E-state index in [1.807, 2.05) is 24.3 Å². The number of carboxylic acid groups (broad SMARTS) is 1. The highest BCUT2D eigenvalue weighted by Crippen LogP contribution is 2.16. The number of halogens is 1. The number of aromatic nitrogens is 1. The number of oxazole rings is 1. The zero-order valence-corrected chi connectivity index (χ0v) is 15.3. The van der Waals surface area contributed by atoms with Crippen LogP contribution in [-0.2, 0) is 22.6 Å². The predicted octanol–water partition coefficient (Wildman–Crippen LogP) is 3.33. The van der Waals surface area contributed by atoms with Crippen molar-refractivity contribution in [2.24, 2.45) is 0 Å². The van der Waals surface area contributed by atoms with Gasteiger partial charge in [-0.1, -0.05) is 42.5 Å². The van der Waals surface area contributed by atoms with Crippen molar-refractivity contribution in [1.29, 1.82) is 0 Å². The number of carbonyl (C=O) groups excluding carboxylic acids is 1. The highest BCUT2D eigenvalue weighted by molar-refractivity contribution is 8.93. The molecule has 0 radical (unpaired) electrons. The molecule has 0 unspecified atom stereocenters. The van der Waals surface area contributed by atoms with Crippen LogP contribution in [0.3, 0.4) is 0 Å². The van der Waals surface area contributed by atoms with Gasteiger partial charge >= 0.3 is 12.1 Å². The number of ether oxygens (including phenoxy) is 1. The van der Waals surface area contributed by atoms with E-state index in [1.54, 1.807) is 30.3 Å². The number of benzene rings is 2. The van der Waals surface area contributed by atoms with Crippen LogP contribution in [-0.4, -0.2) is 28.2 Å². The third-order valence-electron chi connectivity index (χ3n) is 3.52. The van der Waals surface area contributed by atoms with Gasteiger partial charge in [-0.3, -0.25) is 0 Å². The van der Waals surface area contributed by atoms with E-state index in [1.165, 1.54) is 0 Å². The molecule has 7 nitrogen and oxygen atoms in total. The van der Waals surface area contributed by atoms with Crippen LogP contribution in [0.15, 0.2) is 59.0 Å². The second kappa shape index (κ2) is 9.00. The van der Waals surface area contributed by atoms with Gasteiger partial charge in [0.2, 0.25) is 0 Å². The normalized spacial score (nSPS) is 11.4. The number of alkyl carbamates (subject to hydrolysis) is 1. The van der Waals surface area contributed by atoms with Crippen LogP contribution in [0, 0.1) is 0 Å². The molecule has 0 fully saturated rings. The number of carbonyl (C=O) groups is 2. The van der Waals surface area contributed by atoms with Gasteiger partial charge in [-0.2, -0.15) is 0 Å². The summed E-state index contributed by atoms with van der Waals surface area (Å²) in [6.07, 6.45) is -0.892. The quantitative estimate of drug-likeness (QED) is 0.633. The van der Waals surface area contributed by atoms with Crippen LogP contribution in [0.4, 0.5) is 4.79 Å². The van der Waals surface area contributed by atoms with Crippen LogP contribution < -0.4 is 5.32 Å². The molecule has 1 atom stereocenters. The molecule has 3 rings (SSSR count). The van der Waals surface area contributed by atoms with Crippen LogP contribution >= 0.6 is 17.0 Å². The standard InChI is InChI=1S/C18H16N2O5.BrH/c21-17(22)14(10-16-19-13-8-4-5-9-15(13)25-16)20-18(23)24-11-12-6-2-1-3-7-12;/h1-9,14H,10-11H2,(H,20,23)(H,21,22);1H/t14-;/m0./s1. The summed E-state index contributed by atoms with van der Waals surface area (Å²) >= 11 is 0. The lowest BCUT2D eigenvalue weighted by molar-refractivity contribution is -0.139. The molecule has 0 saturated heterocycles. The smallest absolute Gasteiger partial charge is 0.408 e. The molecule has 1 amide bonds. The Labute approximate surface area is 159 Å². The molecular weight excluding hydrogens is 404 g/mol. The zero-order chi connectivity index (χ0) is 17.6. The van der Waals surface area contributed by atoms with E-state index in [2.05, 4.69) is 10.3 Å². The van der Waals surface area contributed by atoms with Crippen molar-refractivity contribution in [3.8, 4) is 0 Å². The van der Waals surface area contributed by atoms with E-state index in [-0.39, 0.29) is 35.9 Å². The van der Waals surface area contributed by atoms with E-state index in [9.17, 15) is 14.7 Å². The van der Waals surface area contributed by atoms with Crippen molar-refractivity contribution in [3.63, 3.8) is 0 Å². The molecule has 26 heavy (non-hydrogen) atoms. The van der Waals surface area contributed by atoms with E-state index in [4.69, 9.17) is 9.15 Å². The monoisotopic (exact) mass is 420 g/mol. The lowest BCUT2D eigenvalue weighted by atomic mass is 10.2. The van der Waals surface area contributed by atoms with E-state index in [0.717, 1.165) is 5.56 Å². The molecule has 0 aliphatic rings. The number of aliphatic carboxylic acids is 1. The number of nitrogens with zero attached hydrogens (tertiary/aromatic N) is 1. The summed E-state index contributed by atoms with van der Waals surface area (Å²) in [4.78, 5) is 27.4. The second-order valence-electron chi connectivity index (χ2n) is 5.38. The Kier molecular flexibility index (Phi) is 6.74. The average Bonchev–Trinajstić information content (AvgIpc) is 3.02. The van der Waals surface area contributed by atoms with Gasteiger partial charge in [0.05, 0.1) is 6.42 Å². The number of hydrogen-bond donors (Lipinski definition) is 2. The zero-order valence-electron chi connectivity index (χ0n) is 13.6. The van der Waals surface area contributed by atoms with Crippen molar-refractivity contribution in [3.05, 3.63) is 66.1 Å². The second-order valence-corrected chi connectivity index (χ2v) is 5.38. The maximum absolute atomic E-state index is 11.8. The first-order valence-corrected chi connectivity index (χ1v) is 7.66. The Hall–Kier alpha value is -2.87. The van der Waals surface area contributed by atoms with Crippen LogP contribution in [0.25, 0.3) is 11.1 Å². The number of para-hydroxylation sites is 2. The molecule has 0 saturated carbocycles. The summed E-state index contributed by atoms with van der Waals surface area (Å²) in [5, 5.41) is 11.6. The molecule has 3 aromatic rings. The Morgan fingerprint density at radius 2 is 1.81 bits per heavy atom. The van der Waals surface area contributed by atoms with Crippen molar-refractivity contribution >= 4 is 40.1 Å². The van der Waals surface area contributed by atoms with Gasteiger partial charge < -0.3 is 19.6 Å². The maximum Gasteiger partial charge on any atom is 0.408 e. The third-order valence-corrected chi connectivity index (χ3v) is 3.52. The largest absolute Gasteiger partial charge is 0.480 e. The van der Waals surface area contributed by atoms with E-state index in [0.29, 0.717) is 11.1 Å². The van der Waals surface area contributed by atoms with Crippen LogP contribution in [0.2, 0.25) is 0 Å². The fourth-order valence-electron chi connectivity index (χ4n) is 2.29. The number of hydrogen-bond acceptors (Lipinski definition) is 5. The molecule has 0 spiro atoms. The van der Waals surface area contributed by atoms with Gasteiger partial charge in [-0.05, 0) is 17.7 Å². The minimum atomic E-state index is -1.20. The Bertz CT molecular complexity index is 848. The summed E-state index contributed by atoms with van der Waals surface area (Å²) < 4.78 is 10.5. The van der Waals surface area contributed by atoms with Crippen LogP contribution in [0.1, 0.15) is 11.5 Å². The molecule has 136 valence electrons. The molecule has 2 aromatic carbocycles. The Morgan fingerprint density at radius 1 is 1.12 bits per heavy atom. The molecule has 1 aromatic heterocycles. The van der Waals surface area contributed by atoms with Crippen molar-refractivity contribution < 1.29 is 23.8 Å². The first-order chi connectivity index (χ1) is 12.1. The lowest BCUT2D eigenvalue weighted by Gasteiger charge is -2.13. The molecule has 8 heteroatoms. The van der Waals surface area contributed by atoms with Crippen molar-refractivity contribution in [2.75, 3.05) is 0 Å². The fraction of sp³-hybridized carbons (Fsp3) is 0.167. The third kappa shape index (κ3) is 5.06. The first-order valence-electron chi connectivity index (χ1n) is 7.66. The average molecular weight is 421 g/mol. The Balaban J connectivity index is 0.00000243. The van der Waals surface area contributed by atoms with Crippen molar-refractivity contribution in [1.82, 2.24) is 10.3 Å². The van der Waals surface area contributed by atoms with E-state index < -0.39 is 18.1 Å². The molecule has 0 bridgehead atoms. The summed E-state index contributed by atoms with van der Waals surface area (Å²) in [5.74, 6) is -0.962. The molecule has 0 aliphatic carbocycles. The summed E-state index contributed by atoms with van der Waals surface area (Å²) in [7, 11) is 0. The number of carboxylic acids is 1. The van der Waals surface area contributed by atoms with Gasteiger partial charge in [0.25, 0.3) is 0 Å². The highest BCUT2D eigenvalue weighted by atomic mass is 79.9. The predicted molar refractivity (Wildman–Crippen MR) is 99.2 cm³/mol. The number of rotatable bonds is 6. The Morgan fingerprint density at radius 3 is 2.50 bits per heavy atom. The van der Waals surface area contributed by atoms with Crippen LogP contribution in [0.5, 0.6) is 0 Å². The summed E-state index contributed by atoms with van der Waals surface area (Å²) in [6.45, 7) is 0.0574. The van der Waals surface area contributed by atoms with Gasteiger partial charge in [0, 0.05) is 0 Å². The van der Waals surface area contributed by atoms with Gasteiger partial charge in [0.1, 0.15) is 18.2 Å². The minimum Gasteiger partial charge on any atom is -0.480 e. The lowest BCUT2D eigenvalue weighted by Crippen LogP contribution is -2.42. The summed E-state index contributed by atoms with van der Waals surface area (Å²) in [5.41, 5.74) is 2.00. The molecule has 0 aliphatic heterocycles. The molecular formula is C18H17BrN2O5. The highest BCUT2D eigenvalue weighted by Gasteiger charge is 2.23. The maximum atomic E-state index is 11.8. The summed E-state index contributed by atoms with van der Waals surface area (Å²) in [6, 6.07) is 15.0. The van der Waals surface area contributed by atoms with Gasteiger partial charge in [-0.15, -0.1) is 17.0 Å². The first kappa shape index (κ1) is 19.5. The fourth-order valence-corrected chi connectivity index (χ4v) is 2.29. The topological polar surface area (TPSA) is 102 Å². The number of nitrogens with one attached hydrogen (secondary N) is 1. The number of amides is 1.